The minimum Gasteiger partial charge on any atom is -0.398 e. The van der Waals surface area contributed by atoms with Crippen molar-refractivity contribution < 1.29 is 0 Å². The summed E-state index contributed by atoms with van der Waals surface area (Å²) in [5.41, 5.74) is 18.7. The molecule has 1 aliphatic rings. The Labute approximate surface area is 179 Å². The molecule has 0 saturated heterocycles. The van der Waals surface area contributed by atoms with Crippen molar-refractivity contribution in [1.82, 2.24) is 0 Å². The van der Waals surface area contributed by atoms with Crippen molar-refractivity contribution in [3.05, 3.63) is 52.1 Å². The molecule has 0 spiro atoms. The fraction of sp³-hybridized carbons (Fsp3) is 0.571. The highest BCUT2D eigenvalue weighted by atomic mass is 14.6. The Bertz CT molecular complexity index is 802. The number of nitrogens with two attached hydrogens (primary N) is 1. The van der Waals surface area contributed by atoms with Gasteiger partial charge in [-0.2, -0.15) is 0 Å². The summed E-state index contributed by atoms with van der Waals surface area (Å²) in [6.45, 7) is 6.90. The fourth-order valence-electron chi connectivity index (χ4n) is 5.15. The summed E-state index contributed by atoms with van der Waals surface area (Å²) in [6.07, 6.45) is 16.3. The topological polar surface area (TPSA) is 26.0 Å². The molecule has 158 valence electrons. The number of hydrogen-bond donors (Lipinski definition) is 1. The van der Waals surface area contributed by atoms with Gasteiger partial charge in [0.25, 0.3) is 0 Å². The van der Waals surface area contributed by atoms with Gasteiger partial charge < -0.3 is 5.73 Å². The van der Waals surface area contributed by atoms with Gasteiger partial charge in [0.1, 0.15) is 0 Å². The molecule has 1 nitrogen and oxygen atoms in total. The predicted molar refractivity (Wildman–Crippen MR) is 129 cm³/mol. The van der Waals surface area contributed by atoms with Crippen molar-refractivity contribution in [2.24, 2.45) is 0 Å². The standard InChI is InChI=1S/C28H41N/c1-4-7-10-17-23-24(18-11-8-5-2)26-20-21-15-13-14-16-22(21)27(26)28(29)25(23)19-12-9-6-3/h13-16H,4-12,17-20,29H2,1-3H3. The molecule has 2 N–H and O–H groups in total. The minimum atomic E-state index is 1.08. The van der Waals surface area contributed by atoms with Crippen molar-refractivity contribution in [2.75, 3.05) is 5.73 Å². The molecule has 0 saturated carbocycles. The average Bonchev–Trinajstić information content (AvgIpc) is 3.12. The molecule has 0 radical (unpaired) electrons. The number of rotatable bonds is 12. The molecule has 0 fully saturated rings. The lowest BCUT2D eigenvalue weighted by atomic mass is 9.83. The average molecular weight is 392 g/mol. The van der Waals surface area contributed by atoms with E-state index in [1.165, 1.54) is 92.9 Å². The second-order valence-electron chi connectivity index (χ2n) is 8.91. The third kappa shape index (κ3) is 4.87. The Morgan fingerprint density at radius 1 is 0.690 bits per heavy atom. The largest absolute Gasteiger partial charge is 0.398 e. The highest BCUT2D eigenvalue weighted by Crippen LogP contribution is 2.46. The summed E-state index contributed by atoms with van der Waals surface area (Å²) < 4.78 is 0. The van der Waals surface area contributed by atoms with Crippen LogP contribution in [0.4, 0.5) is 5.69 Å². The van der Waals surface area contributed by atoms with Gasteiger partial charge in [-0.05, 0) is 78.3 Å². The number of hydrogen-bond acceptors (Lipinski definition) is 1. The number of benzene rings is 2. The third-order valence-corrected chi connectivity index (χ3v) is 6.73. The molecule has 0 aromatic heterocycles. The summed E-state index contributed by atoms with van der Waals surface area (Å²) in [4.78, 5) is 0. The van der Waals surface area contributed by atoms with E-state index in [4.69, 9.17) is 5.73 Å². The highest BCUT2D eigenvalue weighted by Gasteiger charge is 2.28. The van der Waals surface area contributed by atoms with Gasteiger partial charge in [0, 0.05) is 11.3 Å². The van der Waals surface area contributed by atoms with E-state index in [-0.39, 0.29) is 0 Å². The quantitative estimate of drug-likeness (QED) is 0.245. The van der Waals surface area contributed by atoms with Crippen molar-refractivity contribution in [1.29, 1.82) is 0 Å². The molecule has 3 rings (SSSR count). The minimum absolute atomic E-state index is 1.08. The van der Waals surface area contributed by atoms with Crippen molar-refractivity contribution in [3.8, 4) is 11.1 Å². The van der Waals surface area contributed by atoms with E-state index >= 15 is 0 Å². The Hall–Kier alpha value is -1.76. The van der Waals surface area contributed by atoms with E-state index in [9.17, 15) is 0 Å². The Morgan fingerprint density at radius 2 is 1.24 bits per heavy atom. The molecule has 1 aliphatic carbocycles. The monoisotopic (exact) mass is 391 g/mol. The molecule has 0 amide bonds. The van der Waals surface area contributed by atoms with Gasteiger partial charge in [0.15, 0.2) is 0 Å². The van der Waals surface area contributed by atoms with Crippen LogP contribution in [-0.4, -0.2) is 0 Å². The van der Waals surface area contributed by atoms with E-state index in [1.54, 1.807) is 16.7 Å². The molecule has 0 atom stereocenters. The van der Waals surface area contributed by atoms with Crippen LogP contribution in [0, 0.1) is 0 Å². The van der Waals surface area contributed by atoms with Crippen molar-refractivity contribution in [2.45, 2.75) is 104 Å². The molecule has 2 aromatic rings. The Kier molecular flexibility index (Phi) is 8.21. The maximum absolute atomic E-state index is 6.96. The maximum Gasteiger partial charge on any atom is 0.0432 e. The summed E-state index contributed by atoms with van der Waals surface area (Å²) >= 11 is 0. The van der Waals surface area contributed by atoms with Crippen LogP contribution in [0.1, 0.15) is 106 Å². The zero-order chi connectivity index (χ0) is 20.6. The highest BCUT2D eigenvalue weighted by molar-refractivity contribution is 5.89. The van der Waals surface area contributed by atoms with Crippen LogP contribution in [0.25, 0.3) is 11.1 Å². The first-order chi connectivity index (χ1) is 14.2. The summed E-state index contributed by atoms with van der Waals surface area (Å²) in [5.74, 6) is 0. The Balaban J connectivity index is 2.10. The molecule has 0 aliphatic heterocycles. The van der Waals surface area contributed by atoms with Gasteiger partial charge in [-0.1, -0.05) is 83.6 Å². The number of unbranched alkanes of at least 4 members (excludes halogenated alkanes) is 6. The summed E-state index contributed by atoms with van der Waals surface area (Å²) in [5, 5.41) is 0. The lowest BCUT2D eigenvalue weighted by Gasteiger charge is -2.23. The van der Waals surface area contributed by atoms with Crippen LogP contribution in [0.15, 0.2) is 24.3 Å². The molecular weight excluding hydrogens is 350 g/mol. The van der Waals surface area contributed by atoms with Crippen LogP contribution in [0.2, 0.25) is 0 Å². The van der Waals surface area contributed by atoms with E-state index in [2.05, 4.69) is 45.0 Å². The van der Waals surface area contributed by atoms with Crippen molar-refractivity contribution >= 4 is 5.69 Å². The number of fused-ring (bicyclic) bond motifs is 3. The third-order valence-electron chi connectivity index (χ3n) is 6.73. The first-order valence-corrected chi connectivity index (χ1v) is 12.3. The summed E-state index contributed by atoms with van der Waals surface area (Å²) in [6, 6.07) is 8.95. The van der Waals surface area contributed by atoms with Crippen LogP contribution in [-0.2, 0) is 25.7 Å². The van der Waals surface area contributed by atoms with Gasteiger partial charge in [-0.15, -0.1) is 0 Å². The zero-order valence-corrected chi connectivity index (χ0v) is 19.1. The molecule has 1 heteroatoms. The normalized spacial score (nSPS) is 12.2. The second-order valence-corrected chi connectivity index (χ2v) is 8.91. The predicted octanol–water partition coefficient (Wildman–Crippen LogP) is 8.04. The van der Waals surface area contributed by atoms with Crippen LogP contribution in [0.5, 0.6) is 0 Å². The number of anilines is 1. The van der Waals surface area contributed by atoms with Crippen LogP contribution >= 0.6 is 0 Å². The van der Waals surface area contributed by atoms with Gasteiger partial charge in [0.2, 0.25) is 0 Å². The molecule has 0 bridgehead atoms. The number of nitrogen functional groups attached to an aromatic ring is 1. The zero-order valence-electron chi connectivity index (χ0n) is 19.1. The molecular formula is C28H41N. The van der Waals surface area contributed by atoms with Crippen LogP contribution < -0.4 is 5.73 Å². The van der Waals surface area contributed by atoms with E-state index in [0.717, 1.165) is 18.5 Å². The van der Waals surface area contributed by atoms with Gasteiger partial charge in [0.05, 0.1) is 0 Å². The SMILES string of the molecule is CCCCCc1c(N)c2c(c(CCCCC)c1CCCCC)Cc1ccccc1-2. The lowest BCUT2D eigenvalue weighted by molar-refractivity contribution is 0.676. The first-order valence-electron chi connectivity index (χ1n) is 12.3. The van der Waals surface area contributed by atoms with Crippen molar-refractivity contribution in [3.63, 3.8) is 0 Å². The summed E-state index contributed by atoms with van der Waals surface area (Å²) in [7, 11) is 0. The molecule has 29 heavy (non-hydrogen) atoms. The van der Waals surface area contributed by atoms with Gasteiger partial charge in [-0.3, -0.25) is 0 Å². The van der Waals surface area contributed by atoms with Gasteiger partial charge >= 0.3 is 0 Å². The lowest BCUT2D eigenvalue weighted by Crippen LogP contribution is -2.10. The second kappa shape index (κ2) is 10.9. The fourth-order valence-corrected chi connectivity index (χ4v) is 5.15. The van der Waals surface area contributed by atoms with E-state index in [1.807, 2.05) is 0 Å². The maximum atomic E-state index is 6.96. The molecule has 0 heterocycles. The van der Waals surface area contributed by atoms with Gasteiger partial charge in [-0.25, -0.2) is 0 Å². The Morgan fingerprint density at radius 3 is 1.86 bits per heavy atom. The smallest absolute Gasteiger partial charge is 0.0432 e. The van der Waals surface area contributed by atoms with E-state index < -0.39 is 0 Å². The van der Waals surface area contributed by atoms with E-state index in [0.29, 0.717) is 0 Å². The molecule has 0 unspecified atom stereocenters. The first kappa shape index (κ1) is 21.9. The molecule has 2 aromatic carbocycles. The van der Waals surface area contributed by atoms with Crippen LogP contribution in [0.3, 0.4) is 0 Å².